The van der Waals surface area contributed by atoms with E-state index in [1.165, 1.54) is 4.80 Å². The number of ether oxygens (including phenoxy) is 1. The zero-order valence-electron chi connectivity index (χ0n) is 17.9. The second-order valence-electron chi connectivity index (χ2n) is 7.72. The molecule has 164 valence electrons. The molecule has 1 amide bonds. The molecule has 2 aromatic heterocycles. The normalized spacial score (nSPS) is 18.2. The van der Waals surface area contributed by atoms with Gasteiger partial charge < -0.3 is 9.64 Å². The molecule has 1 aromatic carbocycles. The molecule has 1 aliphatic rings. The number of halogens is 1. The number of nitriles is 1. The molecule has 1 fully saturated rings. The molecule has 0 unspecified atom stereocenters. The molecule has 0 N–H and O–H groups in total. The summed E-state index contributed by atoms with van der Waals surface area (Å²) in [6.07, 6.45) is 6.90. The molecule has 0 radical (unpaired) electrons. The molecule has 32 heavy (non-hydrogen) atoms. The van der Waals surface area contributed by atoms with Gasteiger partial charge in [0.1, 0.15) is 6.10 Å². The first-order chi connectivity index (χ1) is 15.5. The third-order valence-electron chi connectivity index (χ3n) is 5.78. The Morgan fingerprint density at radius 2 is 2.03 bits per heavy atom. The molecule has 1 saturated heterocycles. The Morgan fingerprint density at radius 1 is 1.25 bits per heavy atom. The Labute approximate surface area is 191 Å². The predicted molar refractivity (Wildman–Crippen MR) is 119 cm³/mol. The number of rotatable bonds is 5. The van der Waals surface area contributed by atoms with Crippen molar-refractivity contribution in [3.8, 4) is 17.6 Å². The Bertz CT molecular complexity index is 1160. The van der Waals surface area contributed by atoms with Crippen molar-refractivity contribution in [1.82, 2.24) is 24.9 Å². The SMILES string of the molecule is CC[C@@H]1CC[C@@H](Oc2nccc(C#N)c2C)CN1C(=O)c1ccc(Cl)cc1-n1nccn1. The number of nitrogens with zero attached hydrogens (tertiary/aromatic N) is 6. The topological polar surface area (TPSA) is 96.9 Å². The fourth-order valence-corrected chi connectivity index (χ4v) is 4.19. The van der Waals surface area contributed by atoms with E-state index in [0.717, 1.165) is 19.3 Å². The maximum absolute atomic E-state index is 13.7. The number of amides is 1. The molecule has 2 atom stereocenters. The van der Waals surface area contributed by atoms with Crippen molar-refractivity contribution >= 4 is 17.5 Å². The van der Waals surface area contributed by atoms with E-state index in [1.807, 2.05) is 11.8 Å². The number of hydrogen-bond acceptors (Lipinski definition) is 6. The minimum Gasteiger partial charge on any atom is -0.472 e. The van der Waals surface area contributed by atoms with Crippen molar-refractivity contribution in [1.29, 1.82) is 5.26 Å². The zero-order chi connectivity index (χ0) is 22.7. The molecule has 0 aliphatic carbocycles. The number of piperidine rings is 1. The molecule has 3 heterocycles. The van der Waals surface area contributed by atoms with Gasteiger partial charge in [-0.25, -0.2) is 4.98 Å². The fraction of sp³-hybridized carbons (Fsp3) is 0.348. The number of aromatic nitrogens is 4. The summed E-state index contributed by atoms with van der Waals surface area (Å²) in [5, 5.41) is 18.1. The summed E-state index contributed by atoms with van der Waals surface area (Å²) in [7, 11) is 0. The highest BCUT2D eigenvalue weighted by atomic mass is 35.5. The van der Waals surface area contributed by atoms with Crippen LogP contribution in [0.3, 0.4) is 0 Å². The molecule has 9 heteroatoms. The van der Waals surface area contributed by atoms with Gasteiger partial charge in [0.15, 0.2) is 0 Å². The average molecular weight is 451 g/mol. The molecule has 4 rings (SSSR count). The van der Waals surface area contributed by atoms with Gasteiger partial charge in [-0.2, -0.15) is 20.3 Å². The summed E-state index contributed by atoms with van der Waals surface area (Å²) in [4.78, 5) is 21.2. The van der Waals surface area contributed by atoms with E-state index in [0.29, 0.717) is 39.8 Å². The van der Waals surface area contributed by atoms with Crippen molar-refractivity contribution in [3.05, 3.63) is 64.6 Å². The molecule has 0 saturated carbocycles. The minimum atomic E-state index is -0.222. The van der Waals surface area contributed by atoms with Gasteiger partial charge in [-0.05, 0) is 50.5 Å². The number of carbonyl (C=O) groups is 1. The van der Waals surface area contributed by atoms with Gasteiger partial charge in [-0.3, -0.25) is 4.79 Å². The van der Waals surface area contributed by atoms with E-state index in [-0.39, 0.29) is 18.1 Å². The molecule has 8 nitrogen and oxygen atoms in total. The highest BCUT2D eigenvalue weighted by Crippen LogP contribution is 2.28. The van der Waals surface area contributed by atoms with Crippen LogP contribution in [0, 0.1) is 18.3 Å². The van der Waals surface area contributed by atoms with E-state index in [2.05, 4.69) is 28.2 Å². The molecular weight excluding hydrogens is 428 g/mol. The number of benzene rings is 1. The summed E-state index contributed by atoms with van der Waals surface area (Å²) < 4.78 is 6.15. The van der Waals surface area contributed by atoms with Crippen LogP contribution in [0.4, 0.5) is 0 Å². The highest BCUT2D eigenvalue weighted by molar-refractivity contribution is 6.31. The van der Waals surface area contributed by atoms with Crippen molar-refractivity contribution in [2.24, 2.45) is 0 Å². The Kier molecular flexibility index (Phi) is 6.37. The monoisotopic (exact) mass is 450 g/mol. The smallest absolute Gasteiger partial charge is 0.256 e. The second-order valence-corrected chi connectivity index (χ2v) is 8.15. The van der Waals surface area contributed by atoms with Crippen molar-refractivity contribution in [2.75, 3.05) is 6.54 Å². The summed E-state index contributed by atoms with van der Waals surface area (Å²) in [6.45, 7) is 4.31. The molecule has 0 bridgehead atoms. The second kappa shape index (κ2) is 9.37. The maximum atomic E-state index is 13.7. The van der Waals surface area contributed by atoms with E-state index < -0.39 is 0 Å². The summed E-state index contributed by atoms with van der Waals surface area (Å²) in [6, 6.07) is 9.01. The van der Waals surface area contributed by atoms with E-state index in [9.17, 15) is 10.1 Å². The summed E-state index contributed by atoms with van der Waals surface area (Å²) in [5.74, 6) is 0.314. The third-order valence-corrected chi connectivity index (χ3v) is 6.01. The first-order valence-corrected chi connectivity index (χ1v) is 10.9. The van der Waals surface area contributed by atoms with Gasteiger partial charge in [0.05, 0.1) is 41.8 Å². The first kappa shape index (κ1) is 21.8. The lowest BCUT2D eigenvalue weighted by atomic mass is 9.96. The van der Waals surface area contributed by atoms with Gasteiger partial charge in [0, 0.05) is 22.8 Å². The predicted octanol–water partition coefficient (Wildman–Crippen LogP) is 3.96. The lowest BCUT2D eigenvalue weighted by molar-refractivity contribution is 0.0328. The molecule has 3 aromatic rings. The minimum absolute atomic E-state index is 0.0935. The van der Waals surface area contributed by atoms with Crippen LogP contribution in [0.1, 0.15) is 47.7 Å². The van der Waals surface area contributed by atoms with Crippen LogP contribution in [-0.2, 0) is 0 Å². The third kappa shape index (κ3) is 4.30. The van der Waals surface area contributed by atoms with Gasteiger partial charge in [0.25, 0.3) is 5.91 Å². The van der Waals surface area contributed by atoms with Crippen LogP contribution in [0.25, 0.3) is 5.69 Å². The van der Waals surface area contributed by atoms with E-state index >= 15 is 0 Å². The first-order valence-electron chi connectivity index (χ1n) is 10.5. The lowest BCUT2D eigenvalue weighted by Crippen LogP contribution is -2.50. The van der Waals surface area contributed by atoms with Gasteiger partial charge >= 0.3 is 0 Å². The average Bonchev–Trinajstić information content (AvgIpc) is 3.35. The van der Waals surface area contributed by atoms with Crippen LogP contribution in [0.5, 0.6) is 5.88 Å². The highest BCUT2D eigenvalue weighted by Gasteiger charge is 2.34. The summed E-state index contributed by atoms with van der Waals surface area (Å²) in [5.41, 5.74) is 2.24. The van der Waals surface area contributed by atoms with Crippen molar-refractivity contribution < 1.29 is 9.53 Å². The largest absolute Gasteiger partial charge is 0.472 e. The Balaban J connectivity index is 1.61. The number of pyridine rings is 1. The number of hydrogen-bond donors (Lipinski definition) is 0. The van der Waals surface area contributed by atoms with Crippen LogP contribution < -0.4 is 4.74 Å². The Morgan fingerprint density at radius 3 is 2.75 bits per heavy atom. The quantitative estimate of drug-likeness (QED) is 0.583. The zero-order valence-corrected chi connectivity index (χ0v) is 18.7. The number of likely N-dealkylation sites (tertiary alicyclic amines) is 1. The Hall–Kier alpha value is -3.44. The van der Waals surface area contributed by atoms with Gasteiger partial charge in [-0.1, -0.05) is 18.5 Å². The van der Waals surface area contributed by atoms with Crippen LogP contribution in [0.15, 0.2) is 42.9 Å². The van der Waals surface area contributed by atoms with Gasteiger partial charge in [0.2, 0.25) is 5.88 Å². The van der Waals surface area contributed by atoms with Crippen LogP contribution in [-0.4, -0.2) is 49.5 Å². The standard InChI is InChI=1S/C23H23ClN6O2/c1-3-18-5-6-19(32-22-15(2)16(13-25)8-9-26-22)14-29(18)23(31)20-7-4-17(24)12-21(20)30-27-10-11-28-30/h4,7-12,18-19H,3,5-6,14H2,1-2H3/t18-,19-/m1/s1. The van der Waals surface area contributed by atoms with E-state index in [4.69, 9.17) is 16.3 Å². The maximum Gasteiger partial charge on any atom is 0.256 e. The van der Waals surface area contributed by atoms with Crippen LogP contribution in [0.2, 0.25) is 5.02 Å². The number of carbonyl (C=O) groups excluding carboxylic acids is 1. The van der Waals surface area contributed by atoms with Crippen LogP contribution >= 0.6 is 11.6 Å². The molecular formula is C23H23ClN6O2. The summed E-state index contributed by atoms with van der Waals surface area (Å²) >= 11 is 6.19. The fourth-order valence-electron chi connectivity index (χ4n) is 4.02. The van der Waals surface area contributed by atoms with Crippen molar-refractivity contribution in [3.63, 3.8) is 0 Å². The molecule has 1 aliphatic heterocycles. The van der Waals surface area contributed by atoms with Gasteiger partial charge in [-0.15, -0.1) is 0 Å². The molecule has 0 spiro atoms. The van der Waals surface area contributed by atoms with Crippen molar-refractivity contribution in [2.45, 2.75) is 45.3 Å². The van der Waals surface area contributed by atoms with E-state index in [1.54, 1.807) is 42.9 Å². The lowest BCUT2D eigenvalue weighted by Gasteiger charge is -2.39.